The van der Waals surface area contributed by atoms with Crippen LogP contribution in [-0.2, 0) is 22.6 Å². The molecule has 0 atom stereocenters. The van der Waals surface area contributed by atoms with Gasteiger partial charge in [0.05, 0.1) is 26.2 Å². The lowest BCUT2D eigenvalue weighted by Crippen LogP contribution is -3.15. The molecule has 31 heavy (non-hydrogen) atoms. The van der Waals surface area contributed by atoms with Crippen molar-refractivity contribution in [2.75, 3.05) is 38.0 Å². The van der Waals surface area contributed by atoms with Gasteiger partial charge in [-0.15, -0.1) is 0 Å². The van der Waals surface area contributed by atoms with Gasteiger partial charge in [0.15, 0.2) is 6.54 Å². The number of quaternary nitrogens is 1. The number of fused-ring (bicyclic) bond motifs is 1. The molecule has 0 spiro atoms. The second-order valence-electron chi connectivity index (χ2n) is 8.30. The SMILES string of the molecule is CCc1ccccc1NC(=O)C[NH+]1CCN(C(=O)Cn2c(C)cc3ccccc32)CC1. The highest BCUT2D eigenvalue weighted by molar-refractivity contribution is 5.92. The van der Waals surface area contributed by atoms with Gasteiger partial charge < -0.3 is 19.7 Å². The smallest absolute Gasteiger partial charge is 0.279 e. The molecule has 0 radical (unpaired) electrons. The van der Waals surface area contributed by atoms with Gasteiger partial charge in [0.25, 0.3) is 5.91 Å². The number of hydrogen-bond donors (Lipinski definition) is 2. The van der Waals surface area contributed by atoms with E-state index in [9.17, 15) is 9.59 Å². The van der Waals surface area contributed by atoms with Gasteiger partial charge >= 0.3 is 0 Å². The molecule has 1 aromatic heterocycles. The summed E-state index contributed by atoms with van der Waals surface area (Å²) in [4.78, 5) is 28.6. The van der Waals surface area contributed by atoms with Crippen LogP contribution in [0.25, 0.3) is 10.9 Å². The zero-order chi connectivity index (χ0) is 21.8. The summed E-state index contributed by atoms with van der Waals surface area (Å²) in [7, 11) is 0. The van der Waals surface area contributed by atoms with Gasteiger partial charge in [-0.2, -0.15) is 0 Å². The number of para-hydroxylation sites is 2. The van der Waals surface area contributed by atoms with Crippen LogP contribution in [-0.4, -0.2) is 54.0 Å². The van der Waals surface area contributed by atoms with E-state index in [0.29, 0.717) is 26.2 Å². The second-order valence-corrected chi connectivity index (χ2v) is 8.30. The number of hydrogen-bond acceptors (Lipinski definition) is 2. The summed E-state index contributed by atoms with van der Waals surface area (Å²) in [5.41, 5.74) is 4.25. The molecule has 0 aliphatic carbocycles. The fourth-order valence-electron chi connectivity index (χ4n) is 4.41. The van der Waals surface area contributed by atoms with Crippen molar-refractivity contribution >= 4 is 28.4 Å². The average Bonchev–Trinajstić information content (AvgIpc) is 3.09. The number of aromatic nitrogens is 1. The molecule has 1 aliphatic rings. The van der Waals surface area contributed by atoms with E-state index in [1.165, 1.54) is 4.90 Å². The quantitative estimate of drug-likeness (QED) is 0.641. The summed E-state index contributed by atoms with van der Waals surface area (Å²) in [5, 5.41) is 4.22. The standard InChI is InChI=1S/C25H30N4O2/c1-3-20-8-4-6-10-22(20)26-24(30)17-27-12-14-28(15-13-27)25(31)18-29-19(2)16-21-9-5-7-11-23(21)29/h4-11,16H,3,12-15,17-18H2,1-2H3,(H,26,30)/p+1. The highest BCUT2D eigenvalue weighted by Gasteiger charge is 2.26. The zero-order valence-electron chi connectivity index (χ0n) is 18.4. The van der Waals surface area contributed by atoms with Crippen LogP contribution in [0.3, 0.4) is 0 Å². The van der Waals surface area contributed by atoms with Gasteiger partial charge in [-0.3, -0.25) is 9.59 Å². The number of aryl methyl sites for hydroxylation is 2. The topological polar surface area (TPSA) is 58.8 Å². The molecule has 3 aromatic rings. The van der Waals surface area contributed by atoms with Crippen LogP contribution in [0.4, 0.5) is 5.69 Å². The predicted molar refractivity (Wildman–Crippen MR) is 123 cm³/mol. The summed E-state index contributed by atoms with van der Waals surface area (Å²) >= 11 is 0. The number of anilines is 1. The van der Waals surface area contributed by atoms with Crippen LogP contribution in [0, 0.1) is 6.92 Å². The third kappa shape index (κ3) is 4.80. The number of nitrogens with one attached hydrogen (secondary N) is 2. The van der Waals surface area contributed by atoms with E-state index in [1.54, 1.807) is 0 Å². The predicted octanol–water partition coefficient (Wildman–Crippen LogP) is 1.88. The highest BCUT2D eigenvalue weighted by Crippen LogP contribution is 2.19. The van der Waals surface area contributed by atoms with Crippen LogP contribution < -0.4 is 10.2 Å². The first kappa shape index (κ1) is 21.1. The second kappa shape index (κ2) is 9.35. The van der Waals surface area contributed by atoms with Crippen LogP contribution >= 0.6 is 0 Å². The molecule has 162 valence electrons. The molecule has 0 saturated carbocycles. The fraction of sp³-hybridized carbons (Fsp3) is 0.360. The number of piperazine rings is 1. The molecule has 0 bridgehead atoms. The lowest BCUT2D eigenvalue weighted by molar-refractivity contribution is -0.895. The summed E-state index contributed by atoms with van der Waals surface area (Å²) in [6.07, 6.45) is 0.889. The Kier molecular flexibility index (Phi) is 6.37. The summed E-state index contributed by atoms with van der Waals surface area (Å²) in [5.74, 6) is 0.176. The Hall–Kier alpha value is -3.12. The highest BCUT2D eigenvalue weighted by atomic mass is 16.2. The van der Waals surface area contributed by atoms with Crippen molar-refractivity contribution in [2.24, 2.45) is 0 Å². The Morgan fingerprint density at radius 3 is 2.52 bits per heavy atom. The molecular weight excluding hydrogens is 388 g/mol. The first-order valence-corrected chi connectivity index (χ1v) is 11.1. The summed E-state index contributed by atoms with van der Waals surface area (Å²) in [6, 6.07) is 18.2. The van der Waals surface area contributed by atoms with Crippen molar-refractivity contribution in [3.63, 3.8) is 0 Å². The molecule has 6 heteroatoms. The van der Waals surface area contributed by atoms with Gasteiger partial charge in [-0.05, 0) is 42.5 Å². The van der Waals surface area contributed by atoms with Gasteiger partial charge in [-0.1, -0.05) is 43.3 Å². The Bertz CT molecular complexity index is 1080. The van der Waals surface area contributed by atoms with Crippen molar-refractivity contribution in [1.29, 1.82) is 0 Å². The van der Waals surface area contributed by atoms with E-state index in [0.717, 1.165) is 47.4 Å². The fourth-order valence-corrected chi connectivity index (χ4v) is 4.41. The third-order valence-corrected chi connectivity index (χ3v) is 6.22. The van der Waals surface area contributed by atoms with E-state index < -0.39 is 0 Å². The Balaban J connectivity index is 1.29. The summed E-state index contributed by atoms with van der Waals surface area (Å²) in [6.45, 7) is 7.88. The van der Waals surface area contributed by atoms with Gasteiger partial charge in [0.1, 0.15) is 6.54 Å². The minimum absolute atomic E-state index is 0.0325. The minimum Gasteiger partial charge on any atom is -0.335 e. The van der Waals surface area contributed by atoms with Crippen LogP contribution in [0.5, 0.6) is 0 Å². The molecule has 2 aromatic carbocycles. The van der Waals surface area contributed by atoms with Crippen LogP contribution in [0.2, 0.25) is 0 Å². The number of rotatable bonds is 6. The Labute approximate surface area is 183 Å². The number of amides is 2. The van der Waals surface area contributed by atoms with E-state index in [1.807, 2.05) is 48.2 Å². The molecule has 1 fully saturated rings. The summed E-state index contributed by atoms with van der Waals surface area (Å²) < 4.78 is 2.09. The molecule has 6 nitrogen and oxygen atoms in total. The van der Waals surface area contributed by atoms with Crippen molar-refractivity contribution in [2.45, 2.75) is 26.8 Å². The molecule has 2 N–H and O–H groups in total. The minimum atomic E-state index is 0.0325. The first-order chi connectivity index (χ1) is 15.0. The molecule has 4 rings (SSSR count). The van der Waals surface area contributed by atoms with E-state index in [4.69, 9.17) is 0 Å². The first-order valence-electron chi connectivity index (χ1n) is 11.1. The zero-order valence-corrected chi connectivity index (χ0v) is 18.4. The molecule has 0 unspecified atom stereocenters. The number of carbonyl (C=O) groups excluding carboxylic acids is 2. The largest absolute Gasteiger partial charge is 0.335 e. The van der Waals surface area contributed by atoms with Crippen LogP contribution in [0.1, 0.15) is 18.2 Å². The number of carbonyl (C=O) groups is 2. The van der Waals surface area contributed by atoms with Crippen molar-refractivity contribution < 1.29 is 14.5 Å². The van der Waals surface area contributed by atoms with Crippen molar-refractivity contribution in [3.05, 3.63) is 65.9 Å². The average molecular weight is 420 g/mol. The molecule has 2 amide bonds. The van der Waals surface area contributed by atoms with Gasteiger partial charge in [0, 0.05) is 16.9 Å². The monoisotopic (exact) mass is 419 g/mol. The van der Waals surface area contributed by atoms with E-state index >= 15 is 0 Å². The van der Waals surface area contributed by atoms with Gasteiger partial charge in [-0.25, -0.2) is 0 Å². The third-order valence-electron chi connectivity index (χ3n) is 6.22. The molecular formula is C25H31N4O2+. The van der Waals surface area contributed by atoms with E-state index in [2.05, 4.69) is 35.0 Å². The maximum atomic E-state index is 12.9. The number of nitrogens with zero attached hydrogens (tertiary/aromatic N) is 2. The lowest BCUT2D eigenvalue weighted by atomic mass is 10.1. The van der Waals surface area contributed by atoms with Crippen LogP contribution in [0.15, 0.2) is 54.6 Å². The van der Waals surface area contributed by atoms with Crippen molar-refractivity contribution in [1.82, 2.24) is 9.47 Å². The Morgan fingerprint density at radius 2 is 1.74 bits per heavy atom. The number of benzene rings is 2. The Morgan fingerprint density at radius 1 is 1.03 bits per heavy atom. The van der Waals surface area contributed by atoms with Crippen molar-refractivity contribution in [3.8, 4) is 0 Å². The molecule has 1 saturated heterocycles. The molecule has 1 aliphatic heterocycles. The normalized spacial score (nSPS) is 14.7. The van der Waals surface area contributed by atoms with Gasteiger partial charge in [0.2, 0.25) is 5.91 Å². The lowest BCUT2D eigenvalue weighted by Gasteiger charge is -2.32. The molecule has 2 heterocycles. The maximum absolute atomic E-state index is 12.9. The van der Waals surface area contributed by atoms with E-state index in [-0.39, 0.29) is 11.8 Å². The maximum Gasteiger partial charge on any atom is 0.279 e.